The first-order valence-electron chi connectivity index (χ1n) is 8.12. The number of amides is 1. The van der Waals surface area contributed by atoms with Gasteiger partial charge in [-0.15, -0.1) is 0 Å². The zero-order chi connectivity index (χ0) is 17.2. The summed E-state index contributed by atoms with van der Waals surface area (Å²) in [7, 11) is 0. The largest absolute Gasteiger partial charge is 0.451 e. The molecule has 0 aliphatic carbocycles. The minimum Gasteiger partial charge on any atom is -0.451 e. The summed E-state index contributed by atoms with van der Waals surface area (Å²) in [6, 6.07) is 14.7. The van der Waals surface area contributed by atoms with Crippen molar-refractivity contribution >= 4 is 39.9 Å². The molecule has 1 aromatic heterocycles. The Morgan fingerprint density at radius 3 is 2.56 bits per heavy atom. The molecule has 2 heterocycles. The van der Waals surface area contributed by atoms with Crippen molar-refractivity contribution < 1.29 is 13.9 Å². The summed E-state index contributed by atoms with van der Waals surface area (Å²) in [4.78, 5) is 14.7. The van der Waals surface area contributed by atoms with Crippen molar-refractivity contribution in [2.24, 2.45) is 0 Å². The quantitative estimate of drug-likeness (QED) is 0.765. The molecule has 1 saturated heterocycles. The molecular formula is C19H17ClN2O3. The molecule has 4 rings (SSSR count). The Bertz CT molecular complexity index is 899. The number of fused-ring (bicyclic) bond motifs is 1. The standard InChI is InChI=1S/C19H17ClN2O3/c20-14-1-6-17-13(11-14)12-18(25-17)19(23)21-15-2-4-16(5-3-15)22-7-9-24-10-8-22/h1-6,11-12H,7-10H2,(H,21,23). The molecule has 0 saturated carbocycles. The maximum Gasteiger partial charge on any atom is 0.291 e. The molecule has 6 heteroatoms. The third-order valence-electron chi connectivity index (χ3n) is 4.20. The number of morpholine rings is 1. The van der Waals surface area contributed by atoms with Gasteiger partial charge in [0, 0.05) is 34.9 Å². The van der Waals surface area contributed by atoms with Gasteiger partial charge in [0.2, 0.25) is 0 Å². The van der Waals surface area contributed by atoms with Gasteiger partial charge in [0.25, 0.3) is 5.91 Å². The first-order chi connectivity index (χ1) is 12.2. The lowest BCUT2D eigenvalue weighted by atomic mass is 10.2. The zero-order valence-electron chi connectivity index (χ0n) is 13.5. The molecule has 2 aromatic carbocycles. The fraction of sp³-hybridized carbons (Fsp3) is 0.211. The van der Waals surface area contributed by atoms with Gasteiger partial charge in [0.05, 0.1) is 13.2 Å². The third kappa shape index (κ3) is 3.48. The van der Waals surface area contributed by atoms with E-state index in [1.807, 2.05) is 24.3 Å². The van der Waals surface area contributed by atoms with E-state index >= 15 is 0 Å². The number of carbonyl (C=O) groups excluding carboxylic acids is 1. The van der Waals surface area contributed by atoms with Gasteiger partial charge in [-0.1, -0.05) is 11.6 Å². The predicted molar refractivity (Wildman–Crippen MR) is 98.7 cm³/mol. The van der Waals surface area contributed by atoms with Crippen LogP contribution in [0, 0.1) is 0 Å². The molecule has 0 atom stereocenters. The van der Waals surface area contributed by atoms with Crippen LogP contribution in [-0.2, 0) is 4.74 Å². The SMILES string of the molecule is O=C(Nc1ccc(N2CCOCC2)cc1)c1cc2cc(Cl)ccc2o1. The minimum atomic E-state index is -0.286. The monoisotopic (exact) mass is 356 g/mol. The normalized spacial score (nSPS) is 14.7. The number of hydrogen-bond acceptors (Lipinski definition) is 4. The number of rotatable bonds is 3. The Kier molecular flexibility index (Phi) is 4.34. The molecule has 1 amide bonds. The number of furan rings is 1. The first kappa shape index (κ1) is 16.0. The Morgan fingerprint density at radius 2 is 1.80 bits per heavy atom. The molecule has 5 nitrogen and oxygen atoms in total. The lowest BCUT2D eigenvalue weighted by Crippen LogP contribution is -2.36. The van der Waals surface area contributed by atoms with Crippen molar-refractivity contribution in [3.05, 3.63) is 59.3 Å². The summed E-state index contributed by atoms with van der Waals surface area (Å²) in [6.07, 6.45) is 0. The lowest BCUT2D eigenvalue weighted by molar-refractivity contribution is 0.0998. The van der Waals surface area contributed by atoms with E-state index in [0.717, 1.165) is 43.1 Å². The second-order valence-electron chi connectivity index (χ2n) is 5.89. The fourth-order valence-corrected chi connectivity index (χ4v) is 3.08. The molecule has 1 N–H and O–H groups in total. The van der Waals surface area contributed by atoms with E-state index in [4.69, 9.17) is 20.8 Å². The number of nitrogens with zero attached hydrogens (tertiary/aromatic N) is 1. The number of nitrogens with one attached hydrogen (secondary N) is 1. The molecule has 0 radical (unpaired) electrons. The average Bonchev–Trinajstić information content (AvgIpc) is 3.06. The Morgan fingerprint density at radius 1 is 1.04 bits per heavy atom. The Balaban J connectivity index is 1.47. The third-order valence-corrected chi connectivity index (χ3v) is 4.44. The molecule has 0 spiro atoms. The van der Waals surface area contributed by atoms with Gasteiger partial charge >= 0.3 is 0 Å². The molecular weight excluding hydrogens is 340 g/mol. The molecule has 1 aliphatic heterocycles. The maximum atomic E-state index is 12.4. The second kappa shape index (κ2) is 6.78. The summed E-state index contributed by atoms with van der Waals surface area (Å²) >= 11 is 5.96. The van der Waals surface area contributed by atoms with Crippen LogP contribution in [-0.4, -0.2) is 32.2 Å². The molecule has 25 heavy (non-hydrogen) atoms. The minimum absolute atomic E-state index is 0.259. The summed E-state index contributed by atoms with van der Waals surface area (Å²) in [5, 5.41) is 4.27. The molecule has 0 bridgehead atoms. The van der Waals surface area contributed by atoms with Gasteiger partial charge in [0.1, 0.15) is 5.58 Å². The van der Waals surface area contributed by atoms with Crippen molar-refractivity contribution in [3.8, 4) is 0 Å². The fourth-order valence-electron chi connectivity index (χ4n) is 2.90. The van der Waals surface area contributed by atoms with Crippen LogP contribution in [0.3, 0.4) is 0 Å². The summed E-state index contributed by atoms with van der Waals surface area (Å²) in [5.74, 6) is -0.0269. The van der Waals surface area contributed by atoms with Gasteiger partial charge in [-0.05, 0) is 48.5 Å². The maximum absolute atomic E-state index is 12.4. The van der Waals surface area contributed by atoms with Gasteiger partial charge in [-0.3, -0.25) is 4.79 Å². The van der Waals surface area contributed by atoms with Crippen LogP contribution in [0.4, 0.5) is 11.4 Å². The van der Waals surface area contributed by atoms with Gasteiger partial charge in [-0.2, -0.15) is 0 Å². The van der Waals surface area contributed by atoms with Crippen LogP contribution in [0.15, 0.2) is 52.9 Å². The summed E-state index contributed by atoms with van der Waals surface area (Å²) in [5.41, 5.74) is 2.48. The van der Waals surface area contributed by atoms with Crippen LogP contribution in [0.25, 0.3) is 11.0 Å². The molecule has 128 valence electrons. The van der Waals surface area contributed by atoms with Crippen LogP contribution in [0.2, 0.25) is 5.02 Å². The number of ether oxygens (including phenoxy) is 1. The number of carbonyl (C=O) groups is 1. The Labute approximate surface area is 150 Å². The number of benzene rings is 2. The highest BCUT2D eigenvalue weighted by Crippen LogP contribution is 2.24. The molecule has 1 fully saturated rings. The highest BCUT2D eigenvalue weighted by Gasteiger charge is 2.14. The van der Waals surface area contributed by atoms with E-state index in [2.05, 4.69) is 10.2 Å². The van der Waals surface area contributed by atoms with Crippen molar-refractivity contribution in [1.82, 2.24) is 0 Å². The highest BCUT2D eigenvalue weighted by atomic mass is 35.5. The molecule has 0 unspecified atom stereocenters. The van der Waals surface area contributed by atoms with Gasteiger partial charge in [-0.25, -0.2) is 0 Å². The van der Waals surface area contributed by atoms with E-state index in [1.54, 1.807) is 24.3 Å². The van der Waals surface area contributed by atoms with E-state index in [1.165, 1.54) is 0 Å². The van der Waals surface area contributed by atoms with Crippen molar-refractivity contribution in [3.63, 3.8) is 0 Å². The highest BCUT2D eigenvalue weighted by molar-refractivity contribution is 6.31. The topological polar surface area (TPSA) is 54.7 Å². The molecule has 1 aliphatic rings. The number of anilines is 2. The van der Waals surface area contributed by atoms with Crippen LogP contribution in [0.1, 0.15) is 10.6 Å². The van der Waals surface area contributed by atoms with Crippen LogP contribution < -0.4 is 10.2 Å². The van der Waals surface area contributed by atoms with Crippen molar-refractivity contribution in [1.29, 1.82) is 0 Å². The van der Waals surface area contributed by atoms with Crippen LogP contribution in [0.5, 0.6) is 0 Å². The first-order valence-corrected chi connectivity index (χ1v) is 8.50. The van der Waals surface area contributed by atoms with Gasteiger partial charge < -0.3 is 19.4 Å². The lowest BCUT2D eigenvalue weighted by Gasteiger charge is -2.28. The summed E-state index contributed by atoms with van der Waals surface area (Å²) in [6.45, 7) is 3.25. The zero-order valence-corrected chi connectivity index (χ0v) is 14.3. The number of halogens is 1. The van der Waals surface area contributed by atoms with Crippen LogP contribution >= 0.6 is 11.6 Å². The number of hydrogen-bond donors (Lipinski definition) is 1. The van der Waals surface area contributed by atoms with Crippen molar-refractivity contribution in [2.45, 2.75) is 0 Å². The predicted octanol–water partition coefficient (Wildman–Crippen LogP) is 4.18. The van der Waals surface area contributed by atoms with E-state index in [9.17, 15) is 4.79 Å². The Hall–Kier alpha value is -2.50. The second-order valence-corrected chi connectivity index (χ2v) is 6.33. The van der Waals surface area contributed by atoms with E-state index < -0.39 is 0 Å². The van der Waals surface area contributed by atoms with Crippen molar-refractivity contribution in [2.75, 3.05) is 36.5 Å². The smallest absolute Gasteiger partial charge is 0.291 e. The van der Waals surface area contributed by atoms with E-state index in [0.29, 0.717) is 10.6 Å². The van der Waals surface area contributed by atoms with E-state index in [-0.39, 0.29) is 11.7 Å². The summed E-state index contributed by atoms with van der Waals surface area (Å²) < 4.78 is 10.9. The molecule has 3 aromatic rings. The van der Waals surface area contributed by atoms with Gasteiger partial charge in [0.15, 0.2) is 5.76 Å². The average molecular weight is 357 g/mol.